The van der Waals surface area contributed by atoms with Crippen molar-refractivity contribution in [3.8, 4) is 11.5 Å². The Bertz CT molecular complexity index is 1070. The van der Waals surface area contributed by atoms with Gasteiger partial charge in [0.25, 0.3) is 11.4 Å². The predicted molar refractivity (Wildman–Crippen MR) is 106 cm³/mol. The van der Waals surface area contributed by atoms with Gasteiger partial charge in [0.15, 0.2) is 0 Å². The molecule has 0 aliphatic heterocycles. The Balaban J connectivity index is 2.35. The first-order chi connectivity index (χ1) is 15.8. The summed E-state index contributed by atoms with van der Waals surface area (Å²) in [4.78, 5) is 43.8. The molecule has 0 radical (unpaired) electrons. The SMILES string of the molecule is COc1ccc([N+](=O)[O-])cc1NC(=O)C(F)(F)C(F)(F)C(=O)Nc1cc([N+](=O)[O-])ccc1OC. The molecule has 16 heteroatoms. The minimum Gasteiger partial charge on any atom is -0.495 e. The molecule has 12 nitrogen and oxygen atoms in total. The van der Waals surface area contributed by atoms with Crippen molar-refractivity contribution in [2.24, 2.45) is 0 Å². The van der Waals surface area contributed by atoms with Crippen molar-refractivity contribution >= 4 is 34.6 Å². The van der Waals surface area contributed by atoms with E-state index in [-0.39, 0.29) is 11.5 Å². The Morgan fingerprint density at radius 3 is 1.35 bits per heavy atom. The van der Waals surface area contributed by atoms with Crippen LogP contribution in [0.2, 0.25) is 0 Å². The van der Waals surface area contributed by atoms with Crippen molar-refractivity contribution in [3.63, 3.8) is 0 Å². The molecule has 2 N–H and O–H groups in total. The summed E-state index contributed by atoms with van der Waals surface area (Å²) in [6.07, 6.45) is 0. The number of nitro groups is 2. The van der Waals surface area contributed by atoms with Crippen LogP contribution >= 0.6 is 0 Å². The molecule has 34 heavy (non-hydrogen) atoms. The number of benzene rings is 2. The largest absolute Gasteiger partial charge is 0.495 e. The molecule has 0 fully saturated rings. The normalized spacial score (nSPS) is 11.4. The number of hydrogen-bond acceptors (Lipinski definition) is 8. The van der Waals surface area contributed by atoms with Crippen molar-refractivity contribution in [2.45, 2.75) is 11.8 Å². The molecule has 0 aromatic heterocycles. The number of ether oxygens (including phenoxy) is 2. The Morgan fingerprint density at radius 1 is 0.765 bits per heavy atom. The van der Waals surface area contributed by atoms with E-state index in [0.29, 0.717) is 12.1 Å². The summed E-state index contributed by atoms with van der Waals surface area (Å²) in [5.74, 6) is -17.5. The molecule has 0 spiro atoms. The van der Waals surface area contributed by atoms with Crippen LogP contribution in [0.1, 0.15) is 0 Å². The van der Waals surface area contributed by atoms with Crippen molar-refractivity contribution in [3.05, 3.63) is 56.6 Å². The van der Waals surface area contributed by atoms with Crippen molar-refractivity contribution in [1.29, 1.82) is 0 Å². The topological polar surface area (TPSA) is 163 Å². The lowest BCUT2D eigenvalue weighted by Crippen LogP contribution is -2.56. The van der Waals surface area contributed by atoms with Crippen LogP contribution in [0, 0.1) is 20.2 Å². The van der Waals surface area contributed by atoms with Crippen molar-refractivity contribution < 1.29 is 46.5 Å². The number of methoxy groups -OCH3 is 2. The zero-order valence-electron chi connectivity index (χ0n) is 17.1. The average molecular weight is 490 g/mol. The average Bonchev–Trinajstić information content (AvgIpc) is 2.78. The van der Waals surface area contributed by atoms with Gasteiger partial charge in [0.05, 0.1) is 35.4 Å². The smallest absolute Gasteiger partial charge is 0.396 e. The van der Waals surface area contributed by atoms with E-state index in [1.807, 2.05) is 0 Å². The molecule has 0 saturated carbocycles. The van der Waals surface area contributed by atoms with Gasteiger partial charge in [-0.1, -0.05) is 0 Å². The zero-order valence-corrected chi connectivity index (χ0v) is 17.1. The number of hydrogen-bond donors (Lipinski definition) is 2. The van der Waals surface area contributed by atoms with Gasteiger partial charge in [-0.25, -0.2) is 0 Å². The van der Waals surface area contributed by atoms with Crippen LogP contribution in [-0.4, -0.2) is 47.7 Å². The van der Waals surface area contributed by atoms with Crippen LogP contribution in [-0.2, 0) is 9.59 Å². The van der Waals surface area contributed by atoms with Crippen molar-refractivity contribution in [1.82, 2.24) is 0 Å². The second-order valence-corrected chi connectivity index (χ2v) is 6.34. The summed E-state index contributed by atoms with van der Waals surface area (Å²) >= 11 is 0. The van der Waals surface area contributed by atoms with E-state index >= 15 is 0 Å². The third kappa shape index (κ3) is 4.94. The number of carbonyl (C=O) groups is 2. The Labute approximate surface area is 186 Å². The van der Waals surface area contributed by atoms with E-state index in [1.165, 1.54) is 10.6 Å². The molecule has 182 valence electrons. The molecule has 2 amide bonds. The molecule has 2 aromatic rings. The first kappa shape index (κ1) is 25.8. The highest BCUT2D eigenvalue weighted by Gasteiger charge is 2.67. The Kier molecular flexibility index (Phi) is 7.24. The minimum absolute atomic E-state index is 0.371. The maximum Gasteiger partial charge on any atom is 0.396 e. The molecular weight excluding hydrogens is 476 g/mol. The first-order valence-electron chi connectivity index (χ1n) is 8.79. The number of non-ortho nitro benzene ring substituents is 2. The number of anilines is 2. The Morgan fingerprint density at radius 2 is 1.09 bits per heavy atom. The fraction of sp³-hybridized carbons (Fsp3) is 0.222. The van der Waals surface area contributed by atoms with E-state index in [9.17, 15) is 47.4 Å². The summed E-state index contributed by atoms with van der Waals surface area (Å²) in [5, 5.41) is 24.5. The van der Waals surface area contributed by atoms with Crippen LogP contribution in [0.25, 0.3) is 0 Å². The van der Waals surface area contributed by atoms with Crippen molar-refractivity contribution in [2.75, 3.05) is 24.9 Å². The van der Waals surface area contributed by atoms with Gasteiger partial charge in [0.1, 0.15) is 11.5 Å². The molecule has 0 atom stereocenters. The lowest BCUT2D eigenvalue weighted by Gasteiger charge is -2.25. The second-order valence-electron chi connectivity index (χ2n) is 6.34. The lowest BCUT2D eigenvalue weighted by atomic mass is 10.1. The number of nitrogens with zero attached hydrogens (tertiary/aromatic N) is 2. The molecular formula is C18H14F4N4O8. The summed E-state index contributed by atoms with van der Waals surface area (Å²) in [5.41, 5.74) is -2.83. The standard InChI is InChI=1S/C18H14F4N4O8/c1-33-13-5-3-9(25(29)30)7-11(13)23-15(27)17(19,20)18(21,22)16(28)24-12-8-10(26(31)32)4-6-14(12)34-2/h3-8H,1-2H3,(H,23,27)(H,24,28). The number of amides is 2. The number of rotatable bonds is 9. The molecule has 2 aromatic carbocycles. The van der Waals surface area contributed by atoms with Gasteiger partial charge in [-0.3, -0.25) is 29.8 Å². The number of nitrogens with one attached hydrogen (secondary N) is 2. The van der Waals surface area contributed by atoms with Crippen LogP contribution in [0.5, 0.6) is 11.5 Å². The van der Waals surface area contributed by atoms with E-state index in [4.69, 9.17) is 9.47 Å². The maximum atomic E-state index is 14.4. The molecule has 0 saturated heterocycles. The fourth-order valence-corrected chi connectivity index (χ4v) is 2.50. The van der Waals surface area contributed by atoms with Gasteiger partial charge < -0.3 is 20.1 Å². The van der Waals surface area contributed by atoms with Crippen LogP contribution in [0.3, 0.4) is 0 Å². The van der Waals surface area contributed by atoms with Crippen LogP contribution in [0.15, 0.2) is 36.4 Å². The third-order valence-electron chi connectivity index (χ3n) is 4.25. The molecule has 2 rings (SSSR count). The predicted octanol–water partition coefficient (Wildman–Crippen LogP) is 3.37. The van der Waals surface area contributed by atoms with Gasteiger partial charge in [0.2, 0.25) is 0 Å². The van der Waals surface area contributed by atoms with E-state index in [1.54, 1.807) is 0 Å². The van der Waals surface area contributed by atoms with E-state index in [2.05, 4.69) is 0 Å². The molecule has 0 aliphatic carbocycles. The lowest BCUT2D eigenvalue weighted by molar-refractivity contribution is -0.385. The minimum atomic E-state index is -5.68. The number of alkyl halides is 4. The van der Waals surface area contributed by atoms with Crippen LogP contribution < -0.4 is 20.1 Å². The molecule has 0 heterocycles. The highest BCUT2D eigenvalue weighted by Crippen LogP contribution is 2.39. The highest BCUT2D eigenvalue weighted by atomic mass is 19.3. The summed E-state index contributed by atoms with van der Waals surface area (Å²) in [7, 11) is 2.03. The maximum absolute atomic E-state index is 14.4. The number of carbonyl (C=O) groups excluding carboxylic acids is 2. The second kappa shape index (κ2) is 9.55. The molecule has 0 aliphatic rings. The number of nitro benzene ring substituents is 2. The third-order valence-corrected chi connectivity index (χ3v) is 4.25. The zero-order chi connectivity index (χ0) is 25.8. The highest BCUT2D eigenvalue weighted by molar-refractivity contribution is 6.06. The van der Waals surface area contributed by atoms with Gasteiger partial charge >= 0.3 is 23.7 Å². The van der Waals surface area contributed by atoms with E-state index in [0.717, 1.165) is 38.5 Å². The van der Waals surface area contributed by atoms with Gasteiger partial charge in [-0.05, 0) is 12.1 Å². The summed E-state index contributed by atoms with van der Waals surface area (Å²) in [6.45, 7) is 0. The first-order valence-corrected chi connectivity index (χ1v) is 8.79. The Hall–Kier alpha value is -4.50. The van der Waals surface area contributed by atoms with Crippen LogP contribution in [0.4, 0.5) is 40.3 Å². The van der Waals surface area contributed by atoms with E-state index < -0.39 is 56.3 Å². The van der Waals surface area contributed by atoms with Gasteiger partial charge in [-0.15, -0.1) is 0 Å². The monoisotopic (exact) mass is 490 g/mol. The molecule has 0 unspecified atom stereocenters. The fourth-order valence-electron chi connectivity index (χ4n) is 2.50. The molecule has 0 bridgehead atoms. The summed E-state index contributed by atoms with van der Waals surface area (Å²) in [6, 6.07) is 4.82. The van der Waals surface area contributed by atoms with Gasteiger partial charge in [-0.2, -0.15) is 17.6 Å². The number of halogens is 4. The van der Waals surface area contributed by atoms with Gasteiger partial charge in [0, 0.05) is 24.3 Å². The summed E-state index contributed by atoms with van der Waals surface area (Å²) < 4.78 is 67.0. The quantitative estimate of drug-likeness (QED) is 0.307.